The summed E-state index contributed by atoms with van der Waals surface area (Å²) >= 11 is 0. The fourth-order valence-corrected chi connectivity index (χ4v) is 5.74. The third-order valence-corrected chi connectivity index (χ3v) is 7.17. The van der Waals surface area contributed by atoms with Crippen molar-refractivity contribution in [3.8, 4) is 5.75 Å². The van der Waals surface area contributed by atoms with E-state index in [1.165, 1.54) is 44.1 Å². The summed E-state index contributed by atoms with van der Waals surface area (Å²) in [7, 11) is 2.78. The van der Waals surface area contributed by atoms with E-state index in [0.717, 1.165) is 0 Å². The van der Waals surface area contributed by atoms with Crippen molar-refractivity contribution in [2.75, 3.05) is 14.1 Å². The number of hydrogen-bond acceptors (Lipinski definition) is 10. The van der Waals surface area contributed by atoms with Crippen molar-refractivity contribution >= 4 is 41.4 Å². The first-order valence-corrected chi connectivity index (χ1v) is 10.2. The van der Waals surface area contributed by atoms with Gasteiger partial charge in [0.25, 0.3) is 0 Å². The number of fused-ring (bicyclic) bond motifs is 3. The van der Waals surface area contributed by atoms with E-state index >= 15 is 0 Å². The van der Waals surface area contributed by atoms with Crippen molar-refractivity contribution in [1.82, 2.24) is 4.90 Å². The van der Waals surface area contributed by atoms with Crippen LogP contribution in [0.25, 0.3) is 5.76 Å². The Balaban J connectivity index is 0.00000324. The van der Waals surface area contributed by atoms with Crippen molar-refractivity contribution in [2.24, 2.45) is 23.5 Å². The van der Waals surface area contributed by atoms with Crippen LogP contribution in [0.5, 0.6) is 5.75 Å². The van der Waals surface area contributed by atoms with Crippen LogP contribution in [0.2, 0.25) is 0 Å². The minimum Gasteiger partial charge on any atom is -0.507 e. The van der Waals surface area contributed by atoms with E-state index in [4.69, 9.17) is 5.73 Å². The minimum atomic E-state index is -3.10. The summed E-state index contributed by atoms with van der Waals surface area (Å²) in [5, 5.41) is 55.5. The lowest BCUT2D eigenvalue weighted by molar-refractivity contribution is -0.195. The van der Waals surface area contributed by atoms with Crippen LogP contribution >= 0.6 is 12.4 Å². The number of benzene rings is 1. The zero-order chi connectivity index (χ0) is 24.8. The summed E-state index contributed by atoms with van der Waals surface area (Å²) < 4.78 is 0. The van der Waals surface area contributed by atoms with Crippen molar-refractivity contribution in [3.05, 3.63) is 34.9 Å². The number of aliphatic hydroxyl groups is 4. The number of halogens is 1. The second-order valence-corrected chi connectivity index (χ2v) is 9.21. The molecule has 0 aromatic heterocycles. The van der Waals surface area contributed by atoms with Gasteiger partial charge in [0.15, 0.2) is 23.1 Å². The van der Waals surface area contributed by atoms with Crippen LogP contribution in [0.3, 0.4) is 0 Å². The molecule has 7 N–H and O–H groups in total. The number of nitrogens with zero attached hydrogens (tertiary/aromatic N) is 1. The molecule has 184 valence electrons. The molecule has 1 aromatic rings. The first-order valence-electron chi connectivity index (χ1n) is 10.2. The number of aliphatic hydroxyl groups excluding tert-OH is 2. The molecule has 3 aliphatic carbocycles. The van der Waals surface area contributed by atoms with Gasteiger partial charge in [0.1, 0.15) is 11.5 Å². The first-order chi connectivity index (χ1) is 15.2. The fourth-order valence-electron chi connectivity index (χ4n) is 5.74. The lowest BCUT2D eigenvalue weighted by atomic mass is 9.51. The number of Topliss-reactive ketones (excluding diaryl/α,β-unsaturated/α-hetero) is 3. The van der Waals surface area contributed by atoms with Gasteiger partial charge in [-0.2, -0.15) is 0 Å². The molecule has 4 rings (SSSR count). The maximum Gasteiger partial charge on any atom is 0.235 e. The van der Waals surface area contributed by atoms with Gasteiger partial charge in [-0.05, 0) is 32.6 Å². The van der Waals surface area contributed by atoms with E-state index in [2.05, 4.69) is 0 Å². The molecule has 34 heavy (non-hydrogen) atoms. The molecule has 12 heteroatoms. The number of phenols is 1. The van der Waals surface area contributed by atoms with Gasteiger partial charge in [-0.25, -0.2) is 0 Å². The average Bonchev–Trinajstić information content (AvgIpc) is 2.70. The van der Waals surface area contributed by atoms with Gasteiger partial charge in [-0.1, -0.05) is 12.1 Å². The van der Waals surface area contributed by atoms with Crippen molar-refractivity contribution < 1.29 is 44.7 Å². The molecule has 0 saturated heterocycles. The molecule has 7 unspecified atom stereocenters. The Morgan fingerprint density at radius 3 is 2.24 bits per heavy atom. The van der Waals surface area contributed by atoms with Crippen LogP contribution in [-0.2, 0) is 24.8 Å². The molecule has 0 heterocycles. The molecule has 0 spiro atoms. The topological polar surface area (TPSA) is 199 Å². The molecule has 1 amide bonds. The van der Waals surface area contributed by atoms with Crippen molar-refractivity contribution in [1.29, 1.82) is 0 Å². The number of ketones is 3. The Bertz CT molecular complexity index is 1160. The Morgan fingerprint density at radius 2 is 1.71 bits per heavy atom. The van der Waals surface area contributed by atoms with Gasteiger partial charge >= 0.3 is 0 Å². The van der Waals surface area contributed by atoms with Crippen LogP contribution in [0, 0.1) is 17.8 Å². The zero-order valence-electron chi connectivity index (χ0n) is 18.4. The molecule has 1 aromatic carbocycles. The summed E-state index contributed by atoms with van der Waals surface area (Å²) in [6, 6.07) is 2.48. The van der Waals surface area contributed by atoms with Gasteiger partial charge < -0.3 is 31.3 Å². The van der Waals surface area contributed by atoms with Crippen LogP contribution in [-0.4, -0.2) is 85.5 Å². The minimum absolute atomic E-state index is 0. The molecule has 0 radical (unpaired) electrons. The van der Waals surface area contributed by atoms with E-state index in [9.17, 15) is 44.7 Å². The summed E-state index contributed by atoms with van der Waals surface area (Å²) in [5.41, 5.74) is -0.914. The highest BCUT2D eigenvalue weighted by Crippen LogP contribution is 2.56. The summed E-state index contributed by atoms with van der Waals surface area (Å²) in [6.07, 6.45) is -1.90. The van der Waals surface area contributed by atoms with Gasteiger partial charge in [0.2, 0.25) is 11.7 Å². The molecular formula is C22H25ClN2O9. The largest absolute Gasteiger partial charge is 0.507 e. The molecule has 7 atom stereocenters. The van der Waals surface area contributed by atoms with Gasteiger partial charge in [-0.15, -0.1) is 12.4 Å². The second kappa shape index (κ2) is 7.85. The lowest BCUT2D eigenvalue weighted by Crippen LogP contribution is -2.76. The molecule has 11 nitrogen and oxygen atoms in total. The third kappa shape index (κ3) is 2.91. The van der Waals surface area contributed by atoms with E-state index in [0.29, 0.717) is 0 Å². The predicted octanol–water partition coefficient (Wildman–Crippen LogP) is -1.61. The molecule has 2 saturated carbocycles. The van der Waals surface area contributed by atoms with Crippen molar-refractivity contribution in [3.63, 3.8) is 0 Å². The number of carbonyl (C=O) groups excluding carboxylic acids is 4. The molecular weight excluding hydrogens is 472 g/mol. The third-order valence-electron chi connectivity index (χ3n) is 7.17. The van der Waals surface area contributed by atoms with Crippen LogP contribution in [0.15, 0.2) is 23.8 Å². The number of carbonyl (C=O) groups is 4. The number of nitrogens with two attached hydrogens (primary N) is 1. The molecule has 2 fully saturated rings. The Kier molecular flexibility index (Phi) is 5.96. The predicted molar refractivity (Wildman–Crippen MR) is 118 cm³/mol. The number of amides is 1. The standard InChI is InChI=1S/C22H24N2O9.ClH/c1-21(32)7-5-4-6-8(25)9(7)15(26)10-12(21)17(28)13-14(24(2)3)16(27)11(20(23)31)19(30)22(13,33)18(10)29;/h4-6,11-14,17,25-26,28,32-33H,1-3H3,(H2,23,31);1H. The van der Waals surface area contributed by atoms with Gasteiger partial charge in [0, 0.05) is 0 Å². The smallest absolute Gasteiger partial charge is 0.235 e. The Hall–Kier alpha value is -2.83. The van der Waals surface area contributed by atoms with E-state index in [1.54, 1.807) is 0 Å². The first kappa shape index (κ1) is 25.8. The van der Waals surface area contributed by atoms with E-state index in [-0.39, 0.29) is 23.5 Å². The maximum atomic E-state index is 13.7. The summed E-state index contributed by atoms with van der Waals surface area (Å²) in [5.74, 6) is -12.1. The highest BCUT2D eigenvalue weighted by Gasteiger charge is 2.72. The monoisotopic (exact) mass is 496 g/mol. The molecule has 0 aliphatic heterocycles. The summed E-state index contributed by atoms with van der Waals surface area (Å²) in [4.78, 5) is 53.1. The zero-order valence-corrected chi connectivity index (χ0v) is 19.2. The SMILES string of the molecule is CN(C)C1C(=O)C(C(N)=O)C(=O)C2(O)C(=O)C3=C(O)c4c(O)cccc4C(C)(O)C3C(O)C12.Cl. The number of aromatic hydroxyl groups is 1. The Labute approximate surface area is 199 Å². The summed E-state index contributed by atoms with van der Waals surface area (Å²) in [6.45, 7) is 1.24. The molecule has 0 bridgehead atoms. The van der Waals surface area contributed by atoms with Crippen molar-refractivity contribution in [2.45, 2.75) is 30.3 Å². The fraction of sp³-hybridized carbons (Fsp3) is 0.455. The second-order valence-electron chi connectivity index (χ2n) is 9.21. The maximum absolute atomic E-state index is 13.7. The average molecular weight is 497 g/mol. The van der Waals surface area contributed by atoms with Gasteiger partial charge in [0.05, 0.1) is 40.7 Å². The number of primary amides is 1. The highest BCUT2D eigenvalue weighted by atomic mass is 35.5. The van der Waals surface area contributed by atoms with Crippen LogP contribution < -0.4 is 5.73 Å². The number of rotatable bonds is 2. The molecule has 3 aliphatic rings. The highest BCUT2D eigenvalue weighted by molar-refractivity contribution is 6.32. The number of hydrogen-bond donors (Lipinski definition) is 6. The number of likely N-dealkylation sites (N-methyl/N-ethyl adjacent to an activating group) is 1. The van der Waals surface area contributed by atoms with Crippen LogP contribution in [0.4, 0.5) is 0 Å². The van der Waals surface area contributed by atoms with E-state index in [1.807, 2.05) is 0 Å². The van der Waals surface area contributed by atoms with Gasteiger partial charge in [-0.3, -0.25) is 24.1 Å². The lowest BCUT2D eigenvalue weighted by Gasteiger charge is -2.55. The quantitative estimate of drug-likeness (QED) is 0.259. The number of phenolic OH excluding ortho intramolecular Hbond substituents is 1. The Morgan fingerprint density at radius 1 is 1.12 bits per heavy atom. The van der Waals surface area contributed by atoms with Crippen LogP contribution in [0.1, 0.15) is 18.1 Å². The van der Waals surface area contributed by atoms with E-state index < -0.39 is 81.4 Å². The normalized spacial score (nSPS) is 37.0.